The zero-order valence-corrected chi connectivity index (χ0v) is 13.4. The lowest BCUT2D eigenvalue weighted by Crippen LogP contribution is -2.17. The van der Waals surface area contributed by atoms with Crippen LogP contribution in [0.3, 0.4) is 0 Å². The van der Waals surface area contributed by atoms with Crippen molar-refractivity contribution in [3.8, 4) is 0 Å². The molecule has 1 heterocycles. The van der Waals surface area contributed by atoms with Gasteiger partial charge >= 0.3 is 0 Å². The molecule has 3 N–H and O–H groups in total. The number of carbonyl (C=O) groups excluding carboxylic acids is 1. The molecule has 0 atom stereocenters. The molecule has 1 amide bonds. The Balaban J connectivity index is 1.73. The molecular formula is C19H20N4O. The maximum atomic E-state index is 12.6. The monoisotopic (exact) mass is 320 g/mol. The summed E-state index contributed by atoms with van der Waals surface area (Å²) in [4.78, 5) is 17.2. The predicted molar refractivity (Wildman–Crippen MR) is 96.0 cm³/mol. The van der Waals surface area contributed by atoms with Crippen molar-refractivity contribution in [1.82, 2.24) is 9.55 Å². The minimum atomic E-state index is -0.183. The summed E-state index contributed by atoms with van der Waals surface area (Å²) in [6, 6.07) is 15.4. The van der Waals surface area contributed by atoms with Crippen molar-refractivity contribution < 1.29 is 4.79 Å². The van der Waals surface area contributed by atoms with E-state index in [1.165, 1.54) is 12.8 Å². The molecule has 2 aromatic carbocycles. The molecular weight excluding hydrogens is 300 g/mol. The molecule has 1 saturated carbocycles. The van der Waals surface area contributed by atoms with Crippen LogP contribution >= 0.6 is 0 Å². The number of rotatable bonds is 3. The van der Waals surface area contributed by atoms with Gasteiger partial charge in [-0.2, -0.15) is 0 Å². The van der Waals surface area contributed by atoms with E-state index in [4.69, 9.17) is 5.73 Å². The Morgan fingerprint density at radius 1 is 1.12 bits per heavy atom. The summed E-state index contributed by atoms with van der Waals surface area (Å²) < 4.78 is 2.19. The van der Waals surface area contributed by atoms with Crippen molar-refractivity contribution in [2.45, 2.75) is 31.7 Å². The minimum absolute atomic E-state index is 0.183. The number of amides is 1. The van der Waals surface area contributed by atoms with Crippen LogP contribution in [0.4, 0.5) is 11.6 Å². The quantitative estimate of drug-likeness (QED) is 0.717. The minimum Gasteiger partial charge on any atom is -0.399 e. The van der Waals surface area contributed by atoms with E-state index in [2.05, 4.69) is 20.9 Å². The second kappa shape index (κ2) is 6.00. The third kappa shape index (κ3) is 2.62. The van der Waals surface area contributed by atoms with Crippen molar-refractivity contribution >= 4 is 28.6 Å². The van der Waals surface area contributed by atoms with Crippen LogP contribution in [-0.2, 0) is 0 Å². The third-order valence-electron chi connectivity index (χ3n) is 4.66. The summed E-state index contributed by atoms with van der Waals surface area (Å²) in [6.07, 6.45) is 4.70. The topological polar surface area (TPSA) is 72.9 Å². The Hall–Kier alpha value is -2.82. The van der Waals surface area contributed by atoms with Gasteiger partial charge in [0.2, 0.25) is 5.95 Å². The maximum Gasteiger partial charge on any atom is 0.258 e. The number of hydrogen-bond acceptors (Lipinski definition) is 3. The zero-order chi connectivity index (χ0) is 16.5. The van der Waals surface area contributed by atoms with Crippen LogP contribution < -0.4 is 11.1 Å². The number of nitrogen functional groups attached to an aromatic ring is 1. The van der Waals surface area contributed by atoms with Gasteiger partial charge in [0.1, 0.15) is 0 Å². The number of fused-ring (bicyclic) bond motifs is 1. The lowest BCUT2D eigenvalue weighted by atomic mass is 10.2. The number of anilines is 2. The number of para-hydroxylation sites is 2. The molecule has 122 valence electrons. The first-order chi connectivity index (χ1) is 11.7. The van der Waals surface area contributed by atoms with Crippen molar-refractivity contribution in [2.75, 3.05) is 11.1 Å². The average Bonchev–Trinajstić information content (AvgIpc) is 3.21. The lowest BCUT2D eigenvalue weighted by molar-refractivity contribution is 0.102. The molecule has 0 unspecified atom stereocenters. The Morgan fingerprint density at radius 2 is 1.92 bits per heavy atom. The van der Waals surface area contributed by atoms with Gasteiger partial charge in [-0.1, -0.05) is 31.0 Å². The van der Waals surface area contributed by atoms with Gasteiger partial charge in [0.15, 0.2) is 0 Å². The van der Waals surface area contributed by atoms with Gasteiger partial charge in [-0.15, -0.1) is 0 Å². The van der Waals surface area contributed by atoms with Crippen LogP contribution in [0.15, 0.2) is 48.5 Å². The number of nitrogens with two attached hydrogens (primary N) is 1. The molecule has 1 fully saturated rings. The van der Waals surface area contributed by atoms with Gasteiger partial charge in [-0.05, 0) is 43.2 Å². The Morgan fingerprint density at radius 3 is 2.71 bits per heavy atom. The van der Waals surface area contributed by atoms with E-state index in [1.54, 1.807) is 24.3 Å². The second-order valence-electron chi connectivity index (χ2n) is 6.31. The summed E-state index contributed by atoms with van der Waals surface area (Å²) in [5.41, 5.74) is 8.88. The van der Waals surface area contributed by atoms with Crippen LogP contribution in [0.2, 0.25) is 0 Å². The van der Waals surface area contributed by atoms with Crippen molar-refractivity contribution in [1.29, 1.82) is 0 Å². The fourth-order valence-electron chi connectivity index (χ4n) is 3.52. The second-order valence-corrected chi connectivity index (χ2v) is 6.31. The number of nitrogens with zero attached hydrogens (tertiary/aromatic N) is 2. The first-order valence-electron chi connectivity index (χ1n) is 8.36. The summed E-state index contributed by atoms with van der Waals surface area (Å²) in [5, 5.41) is 2.98. The summed E-state index contributed by atoms with van der Waals surface area (Å²) in [7, 11) is 0. The summed E-state index contributed by atoms with van der Waals surface area (Å²) in [5.74, 6) is 0.437. The van der Waals surface area contributed by atoms with Crippen LogP contribution in [0.25, 0.3) is 11.0 Å². The molecule has 4 rings (SSSR count). The Labute approximate surface area is 140 Å². The zero-order valence-electron chi connectivity index (χ0n) is 13.4. The molecule has 24 heavy (non-hydrogen) atoms. The lowest BCUT2D eigenvalue weighted by Gasteiger charge is -2.16. The molecule has 1 aromatic heterocycles. The molecule has 1 aliphatic carbocycles. The van der Waals surface area contributed by atoms with E-state index in [-0.39, 0.29) is 5.91 Å². The van der Waals surface area contributed by atoms with E-state index >= 15 is 0 Å². The average molecular weight is 320 g/mol. The smallest absolute Gasteiger partial charge is 0.258 e. The van der Waals surface area contributed by atoms with E-state index in [1.807, 2.05) is 18.2 Å². The fraction of sp³-hybridized carbons (Fsp3) is 0.263. The van der Waals surface area contributed by atoms with Crippen molar-refractivity contribution in [3.63, 3.8) is 0 Å². The van der Waals surface area contributed by atoms with Gasteiger partial charge in [0, 0.05) is 17.3 Å². The van der Waals surface area contributed by atoms with E-state index in [9.17, 15) is 4.79 Å². The van der Waals surface area contributed by atoms with Gasteiger partial charge in [0.25, 0.3) is 5.91 Å². The number of benzene rings is 2. The largest absolute Gasteiger partial charge is 0.399 e. The van der Waals surface area contributed by atoms with E-state index in [0.29, 0.717) is 23.2 Å². The van der Waals surface area contributed by atoms with Crippen LogP contribution in [0.5, 0.6) is 0 Å². The normalized spacial score (nSPS) is 15.0. The van der Waals surface area contributed by atoms with E-state index in [0.717, 1.165) is 23.9 Å². The highest BCUT2D eigenvalue weighted by atomic mass is 16.1. The molecule has 0 saturated heterocycles. The number of nitrogens with one attached hydrogen (secondary N) is 1. The molecule has 0 bridgehead atoms. The Kier molecular flexibility index (Phi) is 3.69. The molecule has 3 aromatic rings. The number of aromatic nitrogens is 2. The van der Waals surface area contributed by atoms with Gasteiger partial charge in [0.05, 0.1) is 11.0 Å². The first-order valence-corrected chi connectivity index (χ1v) is 8.36. The predicted octanol–water partition coefficient (Wildman–Crippen LogP) is 3.99. The highest BCUT2D eigenvalue weighted by Gasteiger charge is 2.23. The van der Waals surface area contributed by atoms with Crippen molar-refractivity contribution in [2.24, 2.45) is 0 Å². The molecule has 5 heteroatoms. The van der Waals surface area contributed by atoms with Gasteiger partial charge < -0.3 is 10.3 Å². The van der Waals surface area contributed by atoms with Crippen LogP contribution in [-0.4, -0.2) is 15.5 Å². The molecule has 0 aliphatic heterocycles. The molecule has 1 aliphatic rings. The van der Waals surface area contributed by atoms with Crippen LogP contribution in [0.1, 0.15) is 42.1 Å². The molecule has 5 nitrogen and oxygen atoms in total. The first kappa shape index (κ1) is 14.8. The SMILES string of the molecule is Nc1cccc(C(=O)Nc2nc3ccccc3n2C2CCCC2)c1. The highest BCUT2D eigenvalue weighted by molar-refractivity contribution is 6.04. The standard InChI is InChI=1S/C19H20N4O/c20-14-7-5-6-13(12-14)18(24)22-19-21-16-10-3-4-11-17(16)23(19)15-8-1-2-9-15/h3-7,10-12,15H,1-2,8-9,20H2,(H,21,22,24). The van der Waals surface area contributed by atoms with E-state index < -0.39 is 0 Å². The highest BCUT2D eigenvalue weighted by Crippen LogP contribution is 2.35. The maximum absolute atomic E-state index is 12.6. The van der Waals surface area contributed by atoms with Gasteiger partial charge in [-0.3, -0.25) is 10.1 Å². The fourth-order valence-corrected chi connectivity index (χ4v) is 3.52. The summed E-state index contributed by atoms with van der Waals surface area (Å²) >= 11 is 0. The third-order valence-corrected chi connectivity index (χ3v) is 4.66. The molecule has 0 spiro atoms. The summed E-state index contributed by atoms with van der Waals surface area (Å²) in [6.45, 7) is 0. The Bertz CT molecular complexity index is 893. The number of carbonyl (C=O) groups is 1. The van der Waals surface area contributed by atoms with Crippen molar-refractivity contribution in [3.05, 3.63) is 54.1 Å². The number of imidazole rings is 1. The van der Waals surface area contributed by atoms with Crippen LogP contribution in [0, 0.1) is 0 Å². The molecule has 0 radical (unpaired) electrons. The van der Waals surface area contributed by atoms with Gasteiger partial charge in [-0.25, -0.2) is 4.98 Å². The number of hydrogen-bond donors (Lipinski definition) is 2.